The molecule has 198 valence electrons. The molecule has 3 aromatic carbocycles. The number of fused-ring (bicyclic) bond motifs is 1. The number of carbonyl (C=O) groups is 1. The SMILES string of the molecule is Cc1ccccc1N(C)CCN(C)c1nc2cc(NC(=O)c3ccc(OC4CCCCC4)cc3)ccc2o1. The Balaban J connectivity index is 1.18. The second-order valence-corrected chi connectivity index (χ2v) is 10.2. The summed E-state index contributed by atoms with van der Waals surface area (Å²) in [6, 6.07) is 21.8. The molecule has 0 spiro atoms. The smallest absolute Gasteiger partial charge is 0.298 e. The van der Waals surface area contributed by atoms with E-state index in [2.05, 4.69) is 53.4 Å². The molecule has 1 saturated carbocycles. The molecule has 1 amide bonds. The third-order valence-electron chi connectivity index (χ3n) is 7.23. The summed E-state index contributed by atoms with van der Waals surface area (Å²) in [5.41, 5.74) is 5.10. The monoisotopic (exact) mass is 512 g/mol. The predicted molar refractivity (Wildman–Crippen MR) is 154 cm³/mol. The molecule has 0 unspecified atom stereocenters. The number of likely N-dealkylation sites (N-methyl/N-ethyl adjacent to an activating group) is 2. The number of hydrogen-bond donors (Lipinski definition) is 1. The summed E-state index contributed by atoms with van der Waals surface area (Å²) in [6.45, 7) is 3.70. The summed E-state index contributed by atoms with van der Waals surface area (Å²) in [7, 11) is 4.06. The highest BCUT2D eigenvalue weighted by Gasteiger charge is 2.16. The zero-order chi connectivity index (χ0) is 26.5. The van der Waals surface area contributed by atoms with Gasteiger partial charge in [-0.25, -0.2) is 0 Å². The standard InChI is InChI=1S/C31H36N4O3/c1-22-9-7-8-12-28(22)34(2)19-20-35(3)31-33-27-21-24(15-18-29(27)38-31)32-30(36)23-13-16-26(17-14-23)37-25-10-5-4-6-11-25/h7-9,12-18,21,25H,4-6,10-11,19-20H2,1-3H3,(H,32,36). The van der Waals surface area contributed by atoms with E-state index in [0.717, 1.165) is 31.7 Å². The van der Waals surface area contributed by atoms with Crippen LogP contribution < -0.4 is 19.9 Å². The molecule has 5 rings (SSSR count). The maximum atomic E-state index is 12.8. The number of rotatable bonds is 9. The Hall–Kier alpha value is -4.00. The molecule has 1 aromatic heterocycles. The van der Waals surface area contributed by atoms with Crippen molar-refractivity contribution in [3.63, 3.8) is 0 Å². The molecule has 1 heterocycles. The number of benzene rings is 3. The Kier molecular flexibility index (Phi) is 7.82. The molecule has 4 aromatic rings. The maximum absolute atomic E-state index is 12.8. The average molecular weight is 513 g/mol. The number of oxazole rings is 1. The number of nitrogens with zero attached hydrogens (tertiary/aromatic N) is 3. The summed E-state index contributed by atoms with van der Waals surface area (Å²) in [5.74, 6) is 0.646. The molecule has 0 atom stereocenters. The zero-order valence-electron chi connectivity index (χ0n) is 22.4. The van der Waals surface area contributed by atoms with E-state index in [1.807, 2.05) is 54.4 Å². The highest BCUT2D eigenvalue weighted by molar-refractivity contribution is 6.05. The van der Waals surface area contributed by atoms with Gasteiger partial charge in [0.25, 0.3) is 11.9 Å². The van der Waals surface area contributed by atoms with Crippen molar-refractivity contribution in [3.05, 3.63) is 77.9 Å². The molecule has 1 aliphatic carbocycles. The van der Waals surface area contributed by atoms with Gasteiger partial charge in [0.05, 0.1) is 6.10 Å². The summed E-state index contributed by atoms with van der Waals surface area (Å²) < 4.78 is 12.1. The van der Waals surface area contributed by atoms with E-state index in [0.29, 0.717) is 28.4 Å². The van der Waals surface area contributed by atoms with Crippen molar-refractivity contribution >= 4 is 34.4 Å². The topological polar surface area (TPSA) is 70.8 Å². The van der Waals surface area contributed by atoms with Crippen LogP contribution in [-0.2, 0) is 0 Å². The fourth-order valence-corrected chi connectivity index (χ4v) is 4.93. The van der Waals surface area contributed by atoms with Gasteiger partial charge in [-0.15, -0.1) is 0 Å². The number of carbonyl (C=O) groups excluding carboxylic acids is 1. The molecular formula is C31H36N4O3. The van der Waals surface area contributed by atoms with Crippen LogP contribution in [0.5, 0.6) is 5.75 Å². The first-order chi connectivity index (χ1) is 18.5. The summed E-state index contributed by atoms with van der Waals surface area (Å²) in [6.07, 6.45) is 6.25. The molecule has 1 aliphatic rings. The van der Waals surface area contributed by atoms with Crippen LogP contribution >= 0.6 is 0 Å². The number of ether oxygens (including phenoxy) is 1. The number of aryl methyl sites for hydroxylation is 1. The number of para-hydroxylation sites is 1. The van der Waals surface area contributed by atoms with E-state index in [1.165, 1.54) is 30.5 Å². The second kappa shape index (κ2) is 11.6. The number of aromatic nitrogens is 1. The highest BCUT2D eigenvalue weighted by Crippen LogP contribution is 2.26. The van der Waals surface area contributed by atoms with Gasteiger partial charge in [0.2, 0.25) is 0 Å². The van der Waals surface area contributed by atoms with Gasteiger partial charge < -0.3 is 24.3 Å². The first-order valence-electron chi connectivity index (χ1n) is 13.4. The number of amides is 1. The molecule has 0 radical (unpaired) electrons. The molecule has 1 N–H and O–H groups in total. The lowest BCUT2D eigenvalue weighted by Crippen LogP contribution is -2.31. The molecule has 7 heteroatoms. The van der Waals surface area contributed by atoms with Crippen LogP contribution in [0.4, 0.5) is 17.4 Å². The Bertz CT molecular complexity index is 1380. The van der Waals surface area contributed by atoms with Gasteiger partial charge in [0.15, 0.2) is 5.58 Å². The van der Waals surface area contributed by atoms with E-state index >= 15 is 0 Å². The van der Waals surface area contributed by atoms with Gasteiger partial charge >= 0.3 is 0 Å². The van der Waals surface area contributed by atoms with Crippen molar-refractivity contribution in [1.82, 2.24) is 4.98 Å². The third kappa shape index (κ3) is 6.10. The predicted octanol–water partition coefficient (Wildman–Crippen LogP) is 6.67. The third-order valence-corrected chi connectivity index (χ3v) is 7.23. The fraction of sp³-hybridized carbons (Fsp3) is 0.355. The van der Waals surface area contributed by atoms with E-state index in [-0.39, 0.29) is 12.0 Å². The first kappa shape index (κ1) is 25.6. The first-order valence-corrected chi connectivity index (χ1v) is 13.4. The highest BCUT2D eigenvalue weighted by atomic mass is 16.5. The summed E-state index contributed by atoms with van der Waals surface area (Å²) >= 11 is 0. The van der Waals surface area contributed by atoms with Crippen LogP contribution in [0.15, 0.2) is 71.1 Å². The Morgan fingerprint density at radius 2 is 1.71 bits per heavy atom. The fourth-order valence-electron chi connectivity index (χ4n) is 4.93. The van der Waals surface area contributed by atoms with Gasteiger partial charge in [-0.1, -0.05) is 24.6 Å². The molecular weight excluding hydrogens is 476 g/mol. The van der Waals surface area contributed by atoms with E-state index in [4.69, 9.17) is 9.15 Å². The van der Waals surface area contributed by atoms with Gasteiger partial charge in [0.1, 0.15) is 11.3 Å². The number of anilines is 3. The summed E-state index contributed by atoms with van der Waals surface area (Å²) in [4.78, 5) is 21.7. The van der Waals surface area contributed by atoms with Crippen LogP contribution in [0.2, 0.25) is 0 Å². The number of nitrogens with one attached hydrogen (secondary N) is 1. The summed E-state index contributed by atoms with van der Waals surface area (Å²) in [5, 5.41) is 2.97. The molecule has 0 saturated heterocycles. The minimum Gasteiger partial charge on any atom is -0.490 e. The van der Waals surface area contributed by atoms with Crippen molar-refractivity contribution in [1.29, 1.82) is 0 Å². The molecule has 38 heavy (non-hydrogen) atoms. The van der Waals surface area contributed by atoms with Crippen molar-refractivity contribution in [2.45, 2.75) is 45.1 Å². The Labute approximate surface area is 224 Å². The van der Waals surface area contributed by atoms with Gasteiger partial charge in [-0.05, 0) is 86.7 Å². The van der Waals surface area contributed by atoms with Crippen LogP contribution in [0, 0.1) is 6.92 Å². The van der Waals surface area contributed by atoms with Crippen molar-refractivity contribution < 1.29 is 13.9 Å². The lowest BCUT2D eigenvalue weighted by Gasteiger charge is -2.24. The Morgan fingerprint density at radius 3 is 2.47 bits per heavy atom. The lowest BCUT2D eigenvalue weighted by molar-refractivity contribution is 0.102. The molecule has 1 fully saturated rings. The zero-order valence-corrected chi connectivity index (χ0v) is 22.4. The van der Waals surface area contributed by atoms with E-state index in [1.54, 1.807) is 0 Å². The molecule has 0 bridgehead atoms. The van der Waals surface area contributed by atoms with Crippen molar-refractivity contribution in [3.8, 4) is 5.75 Å². The van der Waals surface area contributed by atoms with Crippen LogP contribution in [-0.4, -0.2) is 44.2 Å². The maximum Gasteiger partial charge on any atom is 0.298 e. The molecule has 0 aliphatic heterocycles. The van der Waals surface area contributed by atoms with Crippen LogP contribution in [0.25, 0.3) is 11.1 Å². The van der Waals surface area contributed by atoms with Crippen molar-refractivity contribution in [2.75, 3.05) is 42.3 Å². The van der Waals surface area contributed by atoms with E-state index in [9.17, 15) is 4.79 Å². The van der Waals surface area contributed by atoms with Gasteiger partial charge in [-0.2, -0.15) is 4.98 Å². The quantitative estimate of drug-likeness (QED) is 0.270. The van der Waals surface area contributed by atoms with Gasteiger partial charge in [-0.3, -0.25) is 4.79 Å². The van der Waals surface area contributed by atoms with Crippen LogP contribution in [0.1, 0.15) is 48.0 Å². The average Bonchev–Trinajstić information content (AvgIpc) is 3.36. The normalized spacial score (nSPS) is 13.9. The minimum atomic E-state index is -0.173. The van der Waals surface area contributed by atoms with E-state index < -0.39 is 0 Å². The van der Waals surface area contributed by atoms with Gasteiger partial charge in [0, 0.05) is 44.1 Å². The minimum absolute atomic E-state index is 0.173. The molecule has 7 nitrogen and oxygen atoms in total. The largest absolute Gasteiger partial charge is 0.490 e. The van der Waals surface area contributed by atoms with Crippen LogP contribution in [0.3, 0.4) is 0 Å². The second-order valence-electron chi connectivity index (χ2n) is 10.2. The van der Waals surface area contributed by atoms with Crippen molar-refractivity contribution in [2.24, 2.45) is 0 Å². The number of hydrogen-bond acceptors (Lipinski definition) is 6. The Morgan fingerprint density at radius 1 is 0.974 bits per heavy atom. The lowest BCUT2D eigenvalue weighted by atomic mass is 9.98.